The van der Waals surface area contributed by atoms with Crippen LogP contribution in [0.3, 0.4) is 0 Å². The van der Waals surface area contributed by atoms with Crippen LogP contribution in [0.2, 0.25) is 0 Å². The molecule has 1 unspecified atom stereocenters. The fourth-order valence-corrected chi connectivity index (χ4v) is 2.79. The van der Waals surface area contributed by atoms with Crippen molar-refractivity contribution in [3.05, 3.63) is 71.9 Å². The van der Waals surface area contributed by atoms with Crippen molar-refractivity contribution in [2.75, 3.05) is 6.54 Å². The predicted octanol–water partition coefficient (Wildman–Crippen LogP) is 4.34. The number of fused-ring (bicyclic) bond motifs is 1. The lowest BCUT2D eigenvalue weighted by Gasteiger charge is -2.19. The minimum atomic E-state index is -0.321. The second-order valence-corrected chi connectivity index (χ2v) is 6.26. The first-order valence-corrected chi connectivity index (χ1v) is 8.05. The number of carbonyl (C=O) groups is 1. The van der Waals surface area contributed by atoms with E-state index < -0.39 is 0 Å². The van der Waals surface area contributed by atoms with Gasteiger partial charge in [0, 0.05) is 22.7 Å². The molecular weight excluding hydrogens is 284 g/mol. The van der Waals surface area contributed by atoms with Crippen LogP contribution in [0.25, 0.3) is 10.9 Å². The Kier molecular flexibility index (Phi) is 4.58. The maximum atomic E-state index is 13.2. The summed E-state index contributed by atoms with van der Waals surface area (Å²) in [5.74, 6) is 0.589. The first-order chi connectivity index (χ1) is 11.2. The highest BCUT2D eigenvalue weighted by Gasteiger charge is 2.23. The molecule has 0 aliphatic heterocycles. The lowest BCUT2D eigenvalue weighted by molar-refractivity contribution is 0.0943. The van der Waals surface area contributed by atoms with Crippen molar-refractivity contribution in [1.82, 2.24) is 10.3 Å². The third kappa shape index (κ3) is 3.35. The van der Waals surface area contributed by atoms with Gasteiger partial charge in [-0.1, -0.05) is 62.4 Å². The molecule has 3 aromatic rings. The second-order valence-electron chi connectivity index (χ2n) is 6.26. The molecule has 0 radical (unpaired) electrons. The summed E-state index contributed by atoms with van der Waals surface area (Å²) in [5, 5.41) is 4.40. The molecule has 118 valence electrons. The van der Waals surface area contributed by atoms with Crippen LogP contribution in [0.5, 0.6) is 0 Å². The smallest absolute Gasteiger partial charge is 0.186 e. The van der Waals surface area contributed by atoms with Gasteiger partial charge in [-0.25, -0.2) is 0 Å². The van der Waals surface area contributed by atoms with E-state index in [0.29, 0.717) is 5.92 Å². The highest BCUT2D eigenvalue weighted by atomic mass is 16.1. The Balaban J connectivity index is 1.97. The molecule has 0 bridgehead atoms. The van der Waals surface area contributed by atoms with Gasteiger partial charge < -0.3 is 10.3 Å². The average molecular weight is 306 g/mol. The summed E-state index contributed by atoms with van der Waals surface area (Å²) in [5.41, 5.74) is 2.74. The molecule has 3 rings (SSSR count). The molecule has 0 amide bonds. The molecule has 3 nitrogen and oxygen atoms in total. The molecule has 1 aromatic heterocycles. The zero-order valence-corrected chi connectivity index (χ0v) is 13.5. The van der Waals surface area contributed by atoms with Gasteiger partial charge in [0.25, 0.3) is 0 Å². The number of ketones is 1. The van der Waals surface area contributed by atoms with Crippen LogP contribution < -0.4 is 5.32 Å². The largest absolute Gasteiger partial charge is 0.360 e. The van der Waals surface area contributed by atoms with Gasteiger partial charge in [-0.05, 0) is 24.1 Å². The SMILES string of the molecule is CC(C)CNC(C(=O)c1c[nH]c2ccccc12)c1ccccc1. The van der Waals surface area contributed by atoms with Crippen molar-refractivity contribution in [3.8, 4) is 0 Å². The van der Waals surface area contributed by atoms with Crippen LogP contribution in [0.1, 0.15) is 35.8 Å². The first-order valence-electron chi connectivity index (χ1n) is 8.05. The summed E-state index contributed by atoms with van der Waals surface area (Å²) < 4.78 is 0. The van der Waals surface area contributed by atoms with E-state index in [1.807, 2.05) is 60.8 Å². The van der Waals surface area contributed by atoms with Crippen LogP contribution in [-0.2, 0) is 0 Å². The van der Waals surface area contributed by atoms with Crippen molar-refractivity contribution in [2.45, 2.75) is 19.9 Å². The summed E-state index contributed by atoms with van der Waals surface area (Å²) in [4.78, 5) is 16.3. The Hall–Kier alpha value is -2.39. The number of aromatic nitrogens is 1. The summed E-state index contributed by atoms with van der Waals surface area (Å²) in [6.07, 6.45) is 1.82. The maximum absolute atomic E-state index is 13.2. The number of Topliss-reactive ketones (excluding diaryl/α,β-unsaturated/α-hetero) is 1. The highest BCUT2D eigenvalue weighted by molar-refractivity contribution is 6.10. The van der Waals surface area contributed by atoms with Crippen LogP contribution in [0.4, 0.5) is 0 Å². The van der Waals surface area contributed by atoms with Crippen LogP contribution >= 0.6 is 0 Å². The van der Waals surface area contributed by atoms with Crippen molar-refractivity contribution in [2.24, 2.45) is 5.92 Å². The van der Waals surface area contributed by atoms with E-state index in [1.165, 1.54) is 0 Å². The minimum Gasteiger partial charge on any atom is -0.360 e. The average Bonchev–Trinajstić information content (AvgIpc) is 2.99. The Bertz CT molecular complexity index is 790. The van der Waals surface area contributed by atoms with E-state index in [4.69, 9.17) is 0 Å². The molecule has 0 saturated carbocycles. The van der Waals surface area contributed by atoms with Gasteiger partial charge in [0.15, 0.2) is 5.78 Å². The molecular formula is C20H22N2O. The fourth-order valence-electron chi connectivity index (χ4n) is 2.79. The monoisotopic (exact) mass is 306 g/mol. The predicted molar refractivity (Wildman–Crippen MR) is 94.7 cm³/mol. The molecule has 0 aliphatic carbocycles. The quantitative estimate of drug-likeness (QED) is 0.665. The molecule has 3 heteroatoms. The highest BCUT2D eigenvalue weighted by Crippen LogP contribution is 2.24. The maximum Gasteiger partial charge on any atom is 0.186 e. The van der Waals surface area contributed by atoms with E-state index in [1.54, 1.807) is 0 Å². The third-order valence-electron chi connectivity index (χ3n) is 3.98. The Morgan fingerprint density at radius 1 is 1.04 bits per heavy atom. The molecule has 0 aliphatic rings. The first kappa shape index (κ1) is 15.5. The number of rotatable bonds is 6. The Morgan fingerprint density at radius 2 is 1.74 bits per heavy atom. The van der Waals surface area contributed by atoms with E-state index >= 15 is 0 Å². The van der Waals surface area contributed by atoms with Gasteiger partial charge in [0.1, 0.15) is 0 Å². The Labute approximate surface area is 136 Å². The molecule has 1 atom stereocenters. The third-order valence-corrected chi connectivity index (χ3v) is 3.98. The lowest BCUT2D eigenvalue weighted by Crippen LogP contribution is -2.31. The van der Waals surface area contributed by atoms with Crippen molar-refractivity contribution >= 4 is 16.7 Å². The molecule has 2 N–H and O–H groups in total. The number of H-pyrrole nitrogens is 1. The zero-order valence-electron chi connectivity index (χ0n) is 13.5. The Morgan fingerprint density at radius 3 is 2.48 bits per heavy atom. The van der Waals surface area contributed by atoms with Gasteiger partial charge in [-0.15, -0.1) is 0 Å². The topological polar surface area (TPSA) is 44.9 Å². The van der Waals surface area contributed by atoms with Gasteiger partial charge in [0.2, 0.25) is 0 Å². The van der Waals surface area contributed by atoms with Gasteiger partial charge in [-0.3, -0.25) is 4.79 Å². The lowest BCUT2D eigenvalue weighted by atomic mass is 9.96. The summed E-state index contributed by atoms with van der Waals surface area (Å²) in [6.45, 7) is 5.09. The van der Waals surface area contributed by atoms with Crippen molar-refractivity contribution in [3.63, 3.8) is 0 Å². The van der Waals surface area contributed by atoms with Crippen LogP contribution in [0.15, 0.2) is 60.8 Å². The summed E-state index contributed by atoms with van der Waals surface area (Å²) in [7, 11) is 0. The molecule has 0 fully saturated rings. The van der Waals surface area contributed by atoms with Crippen LogP contribution in [-0.4, -0.2) is 17.3 Å². The molecule has 0 spiro atoms. The zero-order chi connectivity index (χ0) is 16.2. The molecule has 2 aromatic carbocycles. The molecule has 1 heterocycles. The number of aromatic amines is 1. The fraction of sp³-hybridized carbons (Fsp3) is 0.250. The number of benzene rings is 2. The van der Waals surface area contributed by atoms with E-state index in [0.717, 1.165) is 28.6 Å². The number of para-hydroxylation sites is 1. The second kappa shape index (κ2) is 6.80. The van der Waals surface area contributed by atoms with Gasteiger partial charge in [0.05, 0.1) is 6.04 Å². The van der Waals surface area contributed by atoms with Crippen LogP contribution in [0, 0.1) is 5.92 Å². The van der Waals surface area contributed by atoms with Gasteiger partial charge >= 0.3 is 0 Å². The molecule has 0 saturated heterocycles. The van der Waals surface area contributed by atoms with E-state index in [2.05, 4.69) is 24.1 Å². The summed E-state index contributed by atoms with van der Waals surface area (Å²) in [6, 6.07) is 17.5. The van der Waals surface area contributed by atoms with Crippen molar-refractivity contribution < 1.29 is 4.79 Å². The van der Waals surface area contributed by atoms with Crippen molar-refractivity contribution in [1.29, 1.82) is 0 Å². The normalized spacial score (nSPS) is 12.7. The number of hydrogen-bond acceptors (Lipinski definition) is 2. The van der Waals surface area contributed by atoms with E-state index in [-0.39, 0.29) is 11.8 Å². The summed E-state index contributed by atoms with van der Waals surface area (Å²) >= 11 is 0. The van der Waals surface area contributed by atoms with E-state index in [9.17, 15) is 4.79 Å². The van der Waals surface area contributed by atoms with Gasteiger partial charge in [-0.2, -0.15) is 0 Å². The number of carbonyl (C=O) groups excluding carboxylic acids is 1. The number of hydrogen-bond donors (Lipinski definition) is 2. The minimum absolute atomic E-state index is 0.106. The standard InChI is InChI=1S/C20H22N2O/c1-14(2)12-22-19(15-8-4-3-5-9-15)20(23)17-13-21-18-11-7-6-10-16(17)18/h3-11,13-14,19,21-22H,12H2,1-2H3. The molecule has 23 heavy (non-hydrogen) atoms. The number of nitrogens with one attached hydrogen (secondary N) is 2.